The van der Waals surface area contributed by atoms with Crippen LogP contribution in [0.15, 0.2) is 60.7 Å². The molecule has 0 N–H and O–H groups in total. The number of para-hydroxylation sites is 1. The van der Waals surface area contributed by atoms with Gasteiger partial charge in [-0.3, -0.25) is 4.79 Å². The molecular formula is C24H32N2O2. The quantitative estimate of drug-likeness (QED) is 0.655. The van der Waals surface area contributed by atoms with Crippen LogP contribution in [0.1, 0.15) is 31.2 Å². The lowest BCUT2D eigenvalue weighted by Gasteiger charge is -2.37. The molecule has 1 aliphatic carbocycles. The maximum Gasteiger partial charge on any atom is 0.229 e. The third kappa shape index (κ3) is 5.21. The Labute approximate surface area is 169 Å². The topological polar surface area (TPSA) is 32.8 Å². The summed E-state index contributed by atoms with van der Waals surface area (Å²) < 4.78 is 5.17. The van der Waals surface area contributed by atoms with Crippen LogP contribution in [0, 0.1) is 0 Å². The summed E-state index contributed by atoms with van der Waals surface area (Å²) in [5, 5.41) is 0. The Bertz CT molecular complexity index is 720. The molecule has 2 aromatic carbocycles. The van der Waals surface area contributed by atoms with Gasteiger partial charge in [0.05, 0.1) is 19.1 Å². The number of carbonyl (C=O) groups is 1. The summed E-state index contributed by atoms with van der Waals surface area (Å²) in [5.74, 6) is 0.154. The first kappa shape index (κ1) is 20.6. The summed E-state index contributed by atoms with van der Waals surface area (Å²) in [4.78, 5) is 17.6. The predicted octanol–water partition coefficient (Wildman–Crippen LogP) is 4.15. The lowest BCUT2D eigenvalue weighted by Crippen LogP contribution is -2.51. The number of carbonyl (C=O) groups excluding carboxylic acids is 1. The summed E-state index contributed by atoms with van der Waals surface area (Å²) in [6, 6.07) is 21.3. The standard InChI is InChI=1S/C24H32N2O2/c1-25(18-16-20-10-5-3-6-11-20)22-14-9-15-23(22)26(24(27)17-19-28-2)21-12-7-4-8-13-21/h3-8,10-13,22-23H,9,14-19H2,1-2H3. The van der Waals surface area contributed by atoms with Gasteiger partial charge >= 0.3 is 0 Å². The zero-order valence-corrected chi connectivity index (χ0v) is 17.1. The first-order chi connectivity index (χ1) is 13.7. The van der Waals surface area contributed by atoms with Crippen molar-refractivity contribution in [2.24, 2.45) is 0 Å². The molecule has 2 atom stereocenters. The molecule has 150 valence electrons. The molecule has 1 aliphatic rings. The average molecular weight is 381 g/mol. The van der Waals surface area contributed by atoms with Crippen LogP contribution in [0.2, 0.25) is 0 Å². The molecule has 4 nitrogen and oxygen atoms in total. The van der Waals surface area contributed by atoms with Crippen LogP contribution in [0.25, 0.3) is 0 Å². The molecule has 0 aromatic heterocycles. The molecule has 1 fully saturated rings. The molecule has 2 aromatic rings. The van der Waals surface area contributed by atoms with Crippen LogP contribution in [0.4, 0.5) is 5.69 Å². The van der Waals surface area contributed by atoms with Crippen LogP contribution in [-0.4, -0.2) is 50.2 Å². The molecule has 4 heteroatoms. The molecule has 0 bridgehead atoms. The van der Waals surface area contributed by atoms with E-state index in [2.05, 4.69) is 42.3 Å². The Hall–Kier alpha value is -2.17. The summed E-state index contributed by atoms with van der Waals surface area (Å²) in [7, 11) is 3.85. The fourth-order valence-electron chi connectivity index (χ4n) is 4.27. The fourth-order valence-corrected chi connectivity index (χ4v) is 4.27. The Kier molecular flexibility index (Phi) is 7.63. The molecule has 0 heterocycles. The van der Waals surface area contributed by atoms with Crippen molar-refractivity contribution in [1.29, 1.82) is 0 Å². The highest BCUT2D eigenvalue weighted by Crippen LogP contribution is 2.32. The van der Waals surface area contributed by atoms with Crippen molar-refractivity contribution in [3.63, 3.8) is 0 Å². The highest BCUT2D eigenvalue weighted by atomic mass is 16.5. The van der Waals surface area contributed by atoms with Gasteiger partial charge in [0.25, 0.3) is 0 Å². The van der Waals surface area contributed by atoms with Crippen LogP contribution >= 0.6 is 0 Å². The van der Waals surface area contributed by atoms with Gasteiger partial charge < -0.3 is 14.5 Å². The van der Waals surface area contributed by atoms with Gasteiger partial charge in [-0.25, -0.2) is 0 Å². The van der Waals surface area contributed by atoms with Gasteiger partial charge in [0, 0.05) is 25.4 Å². The van der Waals surface area contributed by atoms with Gasteiger partial charge in [0.15, 0.2) is 0 Å². The fraction of sp³-hybridized carbons (Fsp3) is 0.458. The molecule has 1 saturated carbocycles. The maximum atomic E-state index is 13.1. The summed E-state index contributed by atoms with van der Waals surface area (Å²) in [5.41, 5.74) is 2.36. The third-order valence-corrected chi connectivity index (χ3v) is 5.76. The second kappa shape index (κ2) is 10.4. The highest BCUT2D eigenvalue weighted by molar-refractivity contribution is 5.94. The van der Waals surface area contributed by atoms with E-state index in [-0.39, 0.29) is 11.9 Å². The number of methoxy groups -OCH3 is 1. The largest absolute Gasteiger partial charge is 0.384 e. The monoisotopic (exact) mass is 380 g/mol. The molecule has 0 saturated heterocycles. The van der Waals surface area contributed by atoms with E-state index in [1.165, 1.54) is 5.56 Å². The second-order valence-corrected chi connectivity index (χ2v) is 7.62. The van der Waals surface area contributed by atoms with E-state index in [4.69, 9.17) is 4.74 Å². The summed E-state index contributed by atoms with van der Waals surface area (Å²) >= 11 is 0. The zero-order chi connectivity index (χ0) is 19.8. The number of amides is 1. The first-order valence-corrected chi connectivity index (χ1v) is 10.3. The molecule has 1 amide bonds. The molecule has 3 rings (SSSR count). The average Bonchev–Trinajstić information content (AvgIpc) is 3.21. The van der Waals surface area contributed by atoms with E-state index in [0.717, 1.165) is 37.9 Å². The highest BCUT2D eigenvalue weighted by Gasteiger charge is 2.37. The lowest BCUT2D eigenvalue weighted by atomic mass is 10.1. The lowest BCUT2D eigenvalue weighted by molar-refractivity contribution is -0.120. The minimum Gasteiger partial charge on any atom is -0.384 e. The van der Waals surface area contributed by atoms with E-state index >= 15 is 0 Å². The molecule has 0 aliphatic heterocycles. The van der Waals surface area contributed by atoms with Crippen molar-refractivity contribution < 1.29 is 9.53 Å². The van der Waals surface area contributed by atoms with Crippen LogP contribution in [0.5, 0.6) is 0 Å². The van der Waals surface area contributed by atoms with Gasteiger partial charge in [0.1, 0.15) is 0 Å². The van der Waals surface area contributed by atoms with E-state index in [9.17, 15) is 4.79 Å². The second-order valence-electron chi connectivity index (χ2n) is 7.62. The number of rotatable bonds is 9. The number of nitrogens with zero attached hydrogens (tertiary/aromatic N) is 2. The van der Waals surface area contributed by atoms with Gasteiger partial charge in [0.2, 0.25) is 5.91 Å². The Morgan fingerprint density at radius 1 is 1.00 bits per heavy atom. The smallest absolute Gasteiger partial charge is 0.229 e. The van der Waals surface area contributed by atoms with Crippen molar-refractivity contribution in [1.82, 2.24) is 4.90 Å². The van der Waals surface area contributed by atoms with Crippen molar-refractivity contribution in [2.75, 3.05) is 32.2 Å². The summed E-state index contributed by atoms with van der Waals surface area (Å²) in [6.07, 6.45) is 4.79. The van der Waals surface area contributed by atoms with Crippen LogP contribution in [-0.2, 0) is 16.0 Å². The molecule has 0 spiro atoms. The van der Waals surface area contributed by atoms with Gasteiger partial charge in [-0.1, -0.05) is 48.5 Å². The van der Waals surface area contributed by atoms with Crippen molar-refractivity contribution in [3.05, 3.63) is 66.2 Å². The van der Waals surface area contributed by atoms with Crippen LogP contribution in [0.3, 0.4) is 0 Å². The summed E-state index contributed by atoms with van der Waals surface area (Å²) in [6.45, 7) is 1.46. The predicted molar refractivity (Wildman–Crippen MR) is 115 cm³/mol. The molecular weight excluding hydrogens is 348 g/mol. The number of likely N-dealkylation sites (N-methyl/N-ethyl adjacent to an activating group) is 1. The Morgan fingerprint density at radius 2 is 1.64 bits per heavy atom. The number of hydrogen-bond acceptors (Lipinski definition) is 3. The zero-order valence-electron chi connectivity index (χ0n) is 17.1. The van der Waals surface area contributed by atoms with E-state index in [0.29, 0.717) is 19.1 Å². The Balaban J connectivity index is 1.73. The maximum absolute atomic E-state index is 13.1. The first-order valence-electron chi connectivity index (χ1n) is 10.3. The van der Waals surface area contributed by atoms with Crippen LogP contribution < -0.4 is 4.90 Å². The van der Waals surface area contributed by atoms with E-state index in [1.54, 1.807) is 7.11 Å². The minimum atomic E-state index is 0.154. The van der Waals surface area contributed by atoms with Gasteiger partial charge in [-0.05, 0) is 50.4 Å². The Morgan fingerprint density at radius 3 is 2.32 bits per heavy atom. The van der Waals surface area contributed by atoms with Crippen molar-refractivity contribution in [3.8, 4) is 0 Å². The normalized spacial score (nSPS) is 19.1. The molecule has 0 radical (unpaired) electrons. The number of hydrogen-bond donors (Lipinski definition) is 0. The van der Waals surface area contributed by atoms with Crippen molar-refractivity contribution in [2.45, 2.75) is 44.2 Å². The van der Waals surface area contributed by atoms with Crippen molar-refractivity contribution >= 4 is 11.6 Å². The van der Waals surface area contributed by atoms with Gasteiger partial charge in [-0.15, -0.1) is 0 Å². The SMILES string of the molecule is COCCC(=O)N(c1ccccc1)C1CCCC1N(C)CCc1ccccc1. The molecule has 28 heavy (non-hydrogen) atoms. The number of anilines is 1. The van der Waals surface area contributed by atoms with Gasteiger partial charge in [-0.2, -0.15) is 0 Å². The number of ether oxygens (including phenoxy) is 1. The molecule has 2 unspecified atom stereocenters. The third-order valence-electron chi connectivity index (χ3n) is 5.76. The van der Waals surface area contributed by atoms with E-state index < -0.39 is 0 Å². The number of benzene rings is 2. The van der Waals surface area contributed by atoms with E-state index in [1.807, 2.05) is 35.2 Å². The minimum absolute atomic E-state index is 0.154.